The van der Waals surface area contributed by atoms with E-state index in [2.05, 4.69) is 77.8 Å². The van der Waals surface area contributed by atoms with E-state index in [1.807, 2.05) is 0 Å². The summed E-state index contributed by atoms with van der Waals surface area (Å²) < 4.78 is 1.33. The van der Waals surface area contributed by atoms with Gasteiger partial charge in [0.15, 0.2) is 0 Å². The Labute approximate surface area is 124 Å². The third-order valence-corrected chi connectivity index (χ3v) is 4.17. The minimum absolute atomic E-state index is 0.266. The number of benzene rings is 1. The average molecular weight is 358 g/mol. The molecule has 1 aromatic carbocycles. The molecule has 1 heterocycles. The molecule has 100 valence electrons. The van der Waals surface area contributed by atoms with Gasteiger partial charge in [0.25, 0.3) is 0 Å². The summed E-state index contributed by atoms with van der Waals surface area (Å²) in [5.41, 5.74) is 1.72. The summed E-state index contributed by atoms with van der Waals surface area (Å²) in [5, 5.41) is 3.44. The zero-order valence-electron chi connectivity index (χ0n) is 11.5. The van der Waals surface area contributed by atoms with Crippen LogP contribution in [0.4, 0.5) is 0 Å². The van der Waals surface area contributed by atoms with Crippen LogP contribution in [-0.2, 0) is 0 Å². The van der Waals surface area contributed by atoms with Gasteiger partial charge in [-0.05, 0) is 45.7 Å². The van der Waals surface area contributed by atoms with Gasteiger partial charge in [-0.15, -0.1) is 0 Å². The number of hydrogen-bond acceptors (Lipinski definition) is 2. The fraction of sp³-hybridized carbons (Fsp3) is 0.600. The molecule has 1 aromatic rings. The first-order valence-electron chi connectivity index (χ1n) is 6.69. The molecule has 1 fully saturated rings. The van der Waals surface area contributed by atoms with E-state index in [1.165, 1.54) is 9.13 Å². The molecule has 1 aliphatic rings. The topological polar surface area (TPSA) is 15.3 Å². The van der Waals surface area contributed by atoms with Crippen LogP contribution in [0.15, 0.2) is 24.3 Å². The average Bonchev–Trinajstić information content (AvgIpc) is 2.28. The lowest BCUT2D eigenvalue weighted by Crippen LogP contribution is -2.48. The second kappa shape index (κ2) is 5.88. The fourth-order valence-corrected chi connectivity index (χ4v) is 3.44. The van der Waals surface area contributed by atoms with Crippen molar-refractivity contribution in [2.24, 2.45) is 5.41 Å². The van der Waals surface area contributed by atoms with Crippen molar-refractivity contribution in [1.82, 2.24) is 10.2 Å². The number of piperazine rings is 1. The summed E-state index contributed by atoms with van der Waals surface area (Å²) in [7, 11) is 0. The third kappa shape index (κ3) is 3.45. The van der Waals surface area contributed by atoms with Crippen LogP contribution in [0.3, 0.4) is 0 Å². The minimum Gasteiger partial charge on any atom is -0.314 e. The molecule has 1 aliphatic heterocycles. The van der Waals surface area contributed by atoms with Crippen LogP contribution in [0.2, 0.25) is 0 Å². The first-order valence-corrected chi connectivity index (χ1v) is 7.76. The Kier molecular flexibility index (Phi) is 4.67. The van der Waals surface area contributed by atoms with Crippen molar-refractivity contribution in [2.75, 3.05) is 26.2 Å². The first-order chi connectivity index (χ1) is 8.48. The Balaban J connectivity index is 2.30. The zero-order valence-corrected chi connectivity index (χ0v) is 13.7. The van der Waals surface area contributed by atoms with E-state index in [0.29, 0.717) is 6.04 Å². The molecule has 0 aromatic heterocycles. The maximum atomic E-state index is 3.44. The van der Waals surface area contributed by atoms with Crippen LogP contribution >= 0.6 is 22.6 Å². The lowest BCUT2D eigenvalue weighted by molar-refractivity contribution is 0.0862. The number of halogens is 1. The van der Waals surface area contributed by atoms with Crippen LogP contribution in [0.5, 0.6) is 0 Å². The van der Waals surface area contributed by atoms with Gasteiger partial charge in [0.1, 0.15) is 0 Å². The molecule has 0 unspecified atom stereocenters. The lowest BCUT2D eigenvalue weighted by atomic mass is 9.81. The molecule has 1 saturated heterocycles. The standard InChI is InChI=1S/C15H23IN2/c1-15(2,3)14(18-9-7-17-8-10-18)12-5-4-6-13(16)11-12/h4-6,11,14,17H,7-10H2,1-3H3/t14-/m1/s1. The zero-order chi connectivity index (χ0) is 13.2. The van der Waals surface area contributed by atoms with Gasteiger partial charge in [-0.2, -0.15) is 0 Å². The minimum atomic E-state index is 0.266. The van der Waals surface area contributed by atoms with Gasteiger partial charge in [-0.1, -0.05) is 32.9 Å². The van der Waals surface area contributed by atoms with Gasteiger partial charge in [-0.25, -0.2) is 0 Å². The Morgan fingerprint density at radius 3 is 2.44 bits per heavy atom. The second-order valence-corrected chi connectivity index (χ2v) is 7.36. The molecule has 3 heteroatoms. The highest BCUT2D eigenvalue weighted by atomic mass is 127. The highest BCUT2D eigenvalue weighted by Crippen LogP contribution is 2.38. The number of hydrogen-bond donors (Lipinski definition) is 1. The molecule has 1 atom stereocenters. The molecule has 0 amide bonds. The van der Waals surface area contributed by atoms with Crippen molar-refractivity contribution in [3.8, 4) is 0 Å². The largest absolute Gasteiger partial charge is 0.314 e. The molecule has 0 radical (unpaired) electrons. The third-order valence-electron chi connectivity index (χ3n) is 3.50. The Morgan fingerprint density at radius 1 is 1.22 bits per heavy atom. The van der Waals surface area contributed by atoms with Crippen molar-refractivity contribution >= 4 is 22.6 Å². The van der Waals surface area contributed by atoms with E-state index < -0.39 is 0 Å². The molecule has 2 nitrogen and oxygen atoms in total. The quantitative estimate of drug-likeness (QED) is 0.817. The molecule has 1 N–H and O–H groups in total. The molecule has 0 spiro atoms. The molecular weight excluding hydrogens is 335 g/mol. The molecule has 2 rings (SSSR count). The number of rotatable bonds is 2. The number of nitrogens with one attached hydrogen (secondary N) is 1. The highest BCUT2D eigenvalue weighted by Gasteiger charge is 2.32. The van der Waals surface area contributed by atoms with Crippen LogP contribution in [0.1, 0.15) is 32.4 Å². The maximum absolute atomic E-state index is 3.44. The Hall–Kier alpha value is -0.130. The van der Waals surface area contributed by atoms with Gasteiger partial charge < -0.3 is 5.32 Å². The normalized spacial score (nSPS) is 19.8. The van der Waals surface area contributed by atoms with Gasteiger partial charge in [-0.3, -0.25) is 4.90 Å². The Morgan fingerprint density at radius 2 is 1.89 bits per heavy atom. The van der Waals surface area contributed by atoms with E-state index in [1.54, 1.807) is 0 Å². The van der Waals surface area contributed by atoms with E-state index >= 15 is 0 Å². The van der Waals surface area contributed by atoms with Crippen molar-refractivity contribution in [2.45, 2.75) is 26.8 Å². The molecule has 18 heavy (non-hydrogen) atoms. The van der Waals surface area contributed by atoms with E-state index in [0.717, 1.165) is 26.2 Å². The second-order valence-electron chi connectivity index (χ2n) is 6.11. The first kappa shape index (κ1) is 14.3. The SMILES string of the molecule is CC(C)(C)[C@@H](c1cccc(I)c1)N1CCNCC1. The lowest BCUT2D eigenvalue weighted by Gasteiger charge is -2.42. The summed E-state index contributed by atoms with van der Waals surface area (Å²) in [4.78, 5) is 2.63. The smallest absolute Gasteiger partial charge is 0.0397 e. The van der Waals surface area contributed by atoms with E-state index in [9.17, 15) is 0 Å². The summed E-state index contributed by atoms with van der Waals surface area (Å²) in [6.07, 6.45) is 0. The van der Waals surface area contributed by atoms with Crippen molar-refractivity contribution in [3.63, 3.8) is 0 Å². The fourth-order valence-electron chi connectivity index (χ4n) is 2.88. The summed E-state index contributed by atoms with van der Waals surface area (Å²) in [6, 6.07) is 9.47. The highest BCUT2D eigenvalue weighted by molar-refractivity contribution is 14.1. The van der Waals surface area contributed by atoms with Gasteiger partial charge in [0, 0.05) is 35.8 Å². The van der Waals surface area contributed by atoms with Crippen molar-refractivity contribution in [1.29, 1.82) is 0 Å². The van der Waals surface area contributed by atoms with Crippen molar-refractivity contribution < 1.29 is 0 Å². The van der Waals surface area contributed by atoms with Crippen LogP contribution in [0, 0.1) is 8.99 Å². The molecule has 0 bridgehead atoms. The number of nitrogens with zero attached hydrogens (tertiary/aromatic N) is 1. The predicted octanol–water partition coefficient (Wildman–Crippen LogP) is 3.28. The maximum Gasteiger partial charge on any atom is 0.0397 e. The summed E-state index contributed by atoms with van der Waals surface area (Å²) in [6.45, 7) is 11.5. The van der Waals surface area contributed by atoms with Gasteiger partial charge in [0.2, 0.25) is 0 Å². The summed E-state index contributed by atoms with van der Waals surface area (Å²) >= 11 is 2.41. The van der Waals surface area contributed by atoms with Crippen LogP contribution < -0.4 is 5.32 Å². The van der Waals surface area contributed by atoms with Crippen molar-refractivity contribution in [3.05, 3.63) is 33.4 Å². The molecule has 0 saturated carbocycles. The summed E-state index contributed by atoms with van der Waals surface area (Å²) in [5.74, 6) is 0. The molecule has 0 aliphatic carbocycles. The van der Waals surface area contributed by atoms with Crippen LogP contribution in [-0.4, -0.2) is 31.1 Å². The van der Waals surface area contributed by atoms with Crippen LogP contribution in [0.25, 0.3) is 0 Å². The van der Waals surface area contributed by atoms with Gasteiger partial charge >= 0.3 is 0 Å². The van der Waals surface area contributed by atoms with E-state index in [-0.39, 0.29) is 5.41 Å². The van der Waals surface area contributed by atoms with Gasteiger partial charge in [0.05, 0.1) is 0 Å². The Bertz CT molecular complexity index is 392. The predicted molar refractivity (Wildman–Crippen MR) is 85.8 cm³/mol. The monoisotopic (exact) mass is 358 g/mol. The molecular formula is C15H23IN2. The van der Waals surface area contributed by atoms with E-state index in [4.69, 9.17) is 0 Å².